The molecule has 2 nitrogen and oxygen atoms in total. The second-order valence-corrected chi connectivity index (χ2v) is 1.99. The highest BCUT2D eigenvalue weighted by Crippen LogP contribution is 2.48. The first-order valence-corrected chi connectivity index (χ1v) is 2.70. The van der Waals surface area contributed by atoms with E-state index in [9.17, 15) is 0 Å². The lowest BCUT2D eigenvalue weighted by Crippen LogP contribution is -2.06. The molecule has 0 N–H and O–H groups in total. The van der Waals surface area contributed by atoms with Crippen LogP contribution in [0.1, 0.15) is 6.92 Å². The largest absolute Gasteiger partial charge is 0.373 e. The lowest BCUT2D eigenvalue weighted by molar-refractivity contribution is 0.0289. The zero-order valence-corrected chi connectivity index (χ0v) is 4.26. The summed E-state index contributed by atoms with van der Waals surface area (Å²) in [5, 5.41) is 0. The van der Waals surface area contributed by atoms with Crippen LogP contribution in [-0.4, -0.2) is 24.9 Å². The average molecular weight is 100 g/mol. The topological polar surface area (TPSA) is 21.8 Å². The minimum absolute atomic E-state index is 0.491. The molecule has 2 heteroatoms. The van der Waals surface area contributed by atoms with Gasteiger partial charge in [-0.25, -0.2) is 0 Å². The van der Waals surface area contributed by atoms with Gasteiger partial charge < -0.3 is 9.47 Å². The minimum Gasteiger partial charge on any atom is -0.373 e. The standard InChI is InChI=1S/C5H8O2/c1-2-6-3-4-5(3)7-4/h3-5H,2H2,1H3. The Balaban J connectivity index is 1.73. The molecule has 1 heterocycles. The third-order valence-corrected chi connectivity index (χ3v) is 1.43. The summed E-state index contributed by atoms with van der Waals surface area (Å²) in [4.78, 5) is 0. The molecule has 1 saturated carbocycles. The van der Waals surface area contributed by atoms with Gasteiger partial charge in [0.15, 0.2) is 0 Å². The maximum Gasteiger partial charge on any atom is 0.116 e. The summed E-state index contributed by atoms with van der Waals surface area (Å²) in [6.07, 6.45) is 1.52. The average Bonchev–Trinajstić information content (AvgIpc) is 2.41. The van der Waals surface area contributed by atoms with E-state index < -0.39 is 0 Å². The molecule has 1 aliphatic carbocycles. The second-order valence-electron chi connectivity index (χ2n) is 1.99. The Morgan fingerprint density at radius 3 is 2.43 bits per heavy atom. The Hall–Kier alpha value is -0.0800. The summed E-state index contributed by atoms with van der Waals surface area (Å²) in [7, 11) is 0. The first-order valence-electron chi connectivity index (χ1n) is 2.70. The van der Waals surface area contributed by atoms with E-state index in [1.165, 1.54) is 0 Å². The molecule has 0 spiro atoms. The first-order chi connectivity index (χ1) is 3.43. The van der Waals surface area contributed by atoms with Gasteiger partial charge in [0.1, 0.15) is 18.3 Å². The predicted octanol–water partition coefficient (Wildman–Crippen LogP) is 0.172. The van der Waals surface area contributed by atoms with Gasteiger partial charge in [-0.1, -0.05) is 0 Å². The molecule has 1 saturated heterocycles. The molecular weight excluding hydrogens is 92.1 g/mol. The van der Waals surface area contributed by atoms with E-state index in [1.54, 1.807) is 0 Å². The molecule has 0 aromatic rings. The van der Waals surface area contributed by atoms with Crippen LogP contribution < -0.4 is 0 Å². The van der Waals surface area contributed by atoms with Gasteiger partial charge in [0.25, 0.3) is 0 Å². The number of hydrogen-bond donors (Lipinski definition) is 0. The van der Waals surface area contributed by atoms with Crippen molar-refractivity contribution in [3.8, 4) is 0 Å². The molecule has 2 rings (SSSR count). The number of hydrogen-bond acceptors (Lipinski definition) is 2. The molecule has 0 bridgehead atoms. The highest BCUT2D eigenvalue weighted by atomic mass is 16.7. The van der Waals surface area contributed by atoms with E-state index in [2.05, 4.69) is 0 Å². The van der Waals surface area contributed by atoms with Gasteiger partial charge in [0.2, 0.25) is 0 Å². The summed E-state index contributed by atoms with van der Waals surface area (Å²) in [6, 6.07) is 0. The SMILES string of the molecule is CCOC1C2OC12. The predicted molar refractivity (Wildman–Crippen MR) is 24.1 cm³/mol. The van der Waals surface area contributed by atoms with E-state index in [-0.39, 0.29) is 0 Å². The molecule has 1 aliphatic heterocycles. The van der Waals surface area contributed by atoms with Gasteiger partial charge in [0.05, 0.1) is 0 Å². The van der Waals surface area contributed by atoms with Crippen LogP contribution in [0.5, 0.6) is 0 Å². The normalized spacial score (nSPS) is 53.6. The van der Waals surface area contributed by atoms with Crippen LogP contribution in [-0.2, 0) is 9.47 Å². The van der Waals surface area contributed by atoms with E-state index in [0.29, 0.717) is 18.3 Å². The summed E-state index contributed by atoms with van der Waals surface area (Å²) in [5.41, 5.74) is 0. The van der Waals surface area contributed by atoms with Gasteiger partial charge in [-0.3, -0.25) is 0 Å². The van der Waals surface area contributed by atoms with Crippen LogP contribution in [0.4, 0.5) is 0 Å². The molecule has 2 atom stereocenters. The molecule has 2 aliphatic rings. The van der Waals surface area contributed by atoms with Crippen LogP contribution in [0, 0.1) is 0 Å². The Bertz CT molecular complexity index is 84.1. The molecule has 0 aromatic carbocycles. The highest BCUT2D eigenvalue weighted by Gasteiger charge is 2.69. The summed E-state index contributed by atoms with van der Waals surface area (Å²) in [6.45, 7) is 2.85. The Labute approximate surface area is 42.4 Å². The van der Waals surface area contributed by atoms with Crippen LogP contribution in [0.25, 0.3) is 0 Å². The van der Waals surface area contributed by atoms with Gasteiger partial charge in [-0.2, -0.15) is 0 Å². The number of epoxide rings is 1. The zero-order chi connectivity index (χ0) is 4.85. The number of rotatable bonds is 2. The molecule has 0 aromatic heterocycles. The van der Waals surface area contributed by atoms with Crippen LogP contribution in [0.3, 0.4) is 0 Å². The molecule has 2 unspecified atom stereocenters. The second kappa shape index (κ2) is 1.01. The van der Waals surface area contributed by atoms with Gasteiger partial charge in [-0.05, 0) is 6.92 Å². The van der Waals surface area contributed by atoms with E-state index in [0.717, 1.165) is 6.61 Å². The lowest BCUT2D eigenvalue weighted by Gasteiger charge is -1.99. The van der Waals surface area contributed by atoms with Crippen molar-refractivity contribution >= 4 is 0 Å². The van der Waals surface area contributed by atoms with Crippen molar-refractivity contribution in [3.63, 3.8) is 0 Å². The van der Waals surface area contributed by atoms with Crippen molar-refractivity contribution in [2.45, 2.75) is 25.2 Å². The van der Waals surface area contributed by atoms with Crippen LogP contribution in [0.15, 0.2) is 0 Å². The van der Waals surface area contributed by atoms with Gasteiger partial charge >= 0.3 is 0 Å². The fourth-order valence-corrected chi connectivity index (χ4v) is 0.816. The van der Waals surface area contributed by atoms with Gasteiger partial charge in [0, 0.05) is 6.61 Å². The Kier molecular flexibility index (Phi) is 0.557. The maximum absolute atomic E-state index is 5.19. The fourth-order valence-electron chi connectivity index (χ4n) is 0.816. The summed E-state index contributed by atoms with van der Waals surface area (Å²) in [5.74, 6) is 0. The smallest absolute Gasteiger partial charge is 0.116 e. The molecular formula is C5H8O2. The van der Waals surface area contributed by atoms with Gasteiger partial charge in [-0.15, -0.1) is 0 Å². The van der Waals surface area contributed by atoms with Crippen molar-refractivity contribution in [2.75, 3.05) is 6.61 Å². The third-order valence-electron chi connectivity index (χ3n) is 1.43. The summed E-state index contributed by atoms with van der Waals surface area (Å²) < 4.78 is 10.1. The Morgan fingerprint density at radius 2 is 2.29 bits per heavy atom. The molecule has 0 amide bonds. The van der Waals surface area contributed by atoms with E-state index in [1.807, 2.05) is 6.92 Å². The molecule has 40 valence electrons. The van der Waals surface area contributed by atoms with Crippen molar-refractivity contribution < 1.29 is 9.47 Å². The third kappa shape index (κ3) is 0.409. The zero-order valence-electron chi connectivity index (χ0n) is 4.26. The monoisotopic (exact) mass is 100 g/mol. The maximum atomic E-state index is 5.19. The van der Waals surface area contributed by atoms with Crippen molar-refractivity contribution in [2.24, 2.45) is 0 Å². The molecule has 2 fully saturated rings. The number of ether oxygens (including phenoxy) is 2. The summed E-state index contributed by atoms with van der Waals surface area (Å²) >= 11 is 0. The first kappa shape index (κ1) is 3.87. The fraction of sp³-hybridized carbons (Fsp3) is 1.00. The Morgan fingerprint density at radius 1 is 1.57 bits per heavy atom. The molecule has 7 heavy (non-hydrogen) atoms. The number of fused-ring (bicyclic) bond motifs is 1. The van der Waals surface area contributed by atoms with Crippen molar-refractivity contribution in [1.82, 2.24) is 0 Å². The molecule has 0 radical (unpaired) electrons. The van der Waals surface area contributed by atoms with Crippen molar-refractivity contribution in [1.29, 1.82) is 0 Å². The van der Waals surface area contributed by atoms with E-state index >= 15 is 0 Å². The lowest BCUT2D eigenvalue weighted by atomic mass is 10.7. The van der Waals surface area contributed by atoms with Crippen molar-refractivity contribution in [3.05, 3.63) is 0 Å². The van der Waals surface area contributed by atoms with Crippen LogP contribution in [0.2, 0.25) is 0 Å². The van der Waals surface area contributed by atoms with Crippen LogP contribution >= 0.6 is 0 Å². The highest BCUT2D eigenvalue weighted by molar-refractivity contribution is 5.16. The minimum atomic E-state index is 0.491. The van der Waals surface area contributed by atoms with E-state index in [4.69, 9.17) is 9.47 Å². The quantitative estimate of drug-likeness (QED) is 0.461.